The van der Waals surface area contributed by atoms with Crippen molar-refractivity contribution in [3.63, 3.8) is 0 Å². The van der Waals surface area contributed by atoms with Gasteiger partial charge in [-0.15, -0.1) is 0 Å². The van der Waals surface area contributed by atoms with E-state index in [0.717, 1.165) is 19.1 Å². The number of nitrogens with zero attached hydrogens (tertiary/aromatic N) is 1. The highest BCUT2D eigenvalue weighted by Gasteiger charge is 2.39. The summed E-state index contributed by atoms with van der Waals surface area (Å²) < 4.78 is 5.73. The lowest BCUT2D eigenvalue weighted by Crippen LogP contribution is -2.59. The lowest BCUT2D eigenvalue weighted by Gasteiger charge is -2.50. The molecule has 2 nitrogen and oxygen atoms in total. The third-order valence-electron chi connectivity index (χ3n) is 3.30. The minimum atomic E-state index is 0.511. The van der Waals surface area contributed by atoms with Crippen LogP contribution < -0.4 is 0 Å². The Morgan fingerprint density at radius 3 is 2.58 bits per heavy atom. The molecule has 0 saturated carbocycles. The molecule has 2 bridgehead atoms. The number of fused-ring (bicyclic) bond motifs is 3. The van der Waals surface area contributed by atoms with Crippen molar-refractivity contribution >= 4 is 0 Å². The van der Waals surface area contributed by atoms with E-state index in [2.05, 4.69) is 25.7 Å². The average molecular weight is 169 g/mol. The zero-order valence-electron chi connectivity index (χ0n) is 8.29. The lowest BCUT2D eigenvalue weighted by atomic mass is 9.86. The molecule has 3 atom stereocenters. The number of piperidine rings is 1. The van der Waals surface area contributed by atoms with Crippen LogP contribution in [0.1, 0.15) is 27.2 Å². The molecular formula is C10H19NO. The van der Waals surface area contributed by atoms with E-state index in [-0.39, 0.29) is 0 Å². The van der Waals surface area contributed by atoms with E-state index in [0.29, 0.717) is 18.2 Å². The van der Waals surface area contributed by atoms with E-state index in [1.807, 2.05) is 0 Å². The maximum absolute atomic E-state index is 5.73. The lowest BCUT2D eigenvalue weighted by molar-refractivity contribution is -0.142. The summed E-state index contributed by atoms with van der Waals surface area (Å²) in [5.41, 5.74) is 0. The molecule has 3 fully saturated rings. The molecule has 0 N–H and O–H groups in total. The fraction of sp³-hybridized carbons (Fsp3) is 1.00. The van der Waals surface area contributed by atoms with Crippen molar-refractivity contribution < 1.29 is 4.74 Å². The van der Waals surface area contributed by atoms with Gasteiger partial charge in [-0.25, -0.2) is 0 Å². The first-order valence-corrected chi connectivity index (χ1v) is 5.06. The first-order valence-electron chi connectivity index (χ1n) is 5.06. The smallest absolute Gasteiger partial charge is 0.0729 e. The molecule has 0 amide bonds. The summed E-state index contributed by atoms with van der Waals surface area (Å²) in [6.07, 6.45) is 1.85. The van der Waals surface area contributed by atoms with Gasteiger partial charge in [-0.2, -0.15) is 0 Å². The Labute approximate surface area is 74.9 Å². The zero-order chi connectivity index (χ0) is 8.72. The van der Waals surface area contributed by atoms with Crippen molar-refractivity contribution in [1.29, 1.82) is 0 Å². The second-order valence-corrected chi connectivity index (χ2v) is 4.53. The van der Waals surface area contributed by atoms with Gasteiger partial charge in [-0.3, -0.25) is 4.90 Å². The van der Waals surface area contributed by atoms with Crippen LogP contribution in [0.4, 0.5) is 0 Å². The molecule has 12 heavy (non-hydrogen) atoms. The highest BCUT2D eigenvalue weighted by atomic mass is 16.5. The SMILES string of the molecule is CC(C)N1C[C@H]2OC[C@@H]1C[C@H]2C. The molecule has 0 unspecified atom stereocenters. The monoisotopic (exact) mass is 169 g/mol. The van der Waals surface area contributed by atoms with Crippen molar-refractivity contribution in [3.05, 3.63) is 0 Å². The zero-order valence-corrected chi connectivity index (χ0v) is 8.29. The molecule has 3 heterocycles. The molecular weight excluding hydrogens is 150 g/mol. The van der Waals surface area contributed by atoms with Crippen LogP contribution in [0.2, 0.25) is 0 Å². The predicted molar refractivity (Wildman–Crippen MR) is 49.2 cm³/mol. The van der Waals surface area contributed by atoms with Crippen LogP contribution in [-0.2, 0) is 4.74 Å². The Morgan fingerprint density at radius 2 is 2.17 bits per heavy atom. The minimum Gasteiger partial charge on any atom is -0.375 e. The van der Waals surface area contributed by atoms with Gasteiger partial charge in [0.1, 0.15) is 0 Å². The fourth-order valence-electron chi connectivity index (χ4n) is 2.50. The molecule has 0 spiro atoms. The van der Waals surface area contributed by atoms with Crippen LogP contribution in [0.25, 0.3) is 0 Å². The standard InChI is InChI=1S/C10H19NO/c1-7(2)11-5-10-8(3)4-9(11)6-12-10/h7-10H,4-6H2,1-3H3/t8-,9+,10-/m1/s1. The van der Waals surface area contributed by atoms with Crippen LogP contribution in [0.15, 0.2) is 0 Å². The summed E-state index contributed by atoms with van der Waals surface area (Å²) in [6.45, 7) is 9.00. The molecule has 3 aliphatic heterocycles. The summed E-state index contributed by atoms with van der Waals surface area (Å²) in [6, 6.07) is 1.39. The second kappa shape index (κ2) is 3.00. The topological polar surface area (TPSA) is 12.5 Å². The molecule has 3 aliphatic rings. The Kier molecular flexibility index (Phi) is 2.13. The number of morpholine rings is 1. The number of rotatable bonds is 1. The third kappa shape index (κ3) is 1.27. The molecule has 0 aromatic heterocycles. The largest absolute Gasteiger partial charge is 0.375 e. The molecule has 0 aliphatic carbocycles. The van der Waals surface area contributed by atoms with E-state index in [4.69, 9.17) is 4.74 Å². The first-order chi connectivity index (χ1) is 5.68. The van der Waals surface area contributed by atoms with E-state index in [1.165, 1.54) is 6.42 Å². The van der Waals surface area contributed by atoms with Crippen LogP contribution in [0, 0.1) is 5.92 Å². The van der Waals surface area contributed by atoms with E-state index in [1.54, 1.807) is 0 Å². The number of ether oxygens (including phenoxy) is 1. The van der Waals surface area contributed by atoms with Crippen molar-refractivity contribution in [1.82, 2.24) is 4.90 Å². The summed E-state index contributed by atoms with van der Waals surface area (Å²) in [4.78, 5) is 2.59. The minimum absolute atomic E-state index is 0.511. The normalized spacial score (nSPS) is 42.5. The molecule has 0 radical (unpaired) electrons. The van der Waals surface area contributed by atoms with Gasteiger partial charge in [0.15, 0.2) is 0 Å². The van der Waals surface area contributed by atoms with Crippen molar-refractivity contribution in [3.8, 4) is 0 Å². The Balaban J connectivity index is 2.05. The maximum atomic E-state index is 5.73. The first kappa shape index (κ1) is 8.52. The van der Waals surface area contributed by atoms with Crippen molar-refractivity contribution in [2.24, 2.45) is 5.92 Å². The summed E-state index contributed by atoms with van der Waals surface area (Å²) in [5.74, 6) is 0.777. The van der Waals surface area contributed by atoms with Gasteiger partial charge in [0.05, 0.1) is 12.7 Å². The molecule has 70 valence electrons. The van der Waals surface area contributed by atoms with E-state index < -0.39 is 0 Å². The Morgan fingerprint density at radius 1 is 1.42 bits per heavy atom. The summed E-state index contributed by atoms with van der Waals surface area (Å²) >= 11 is 0. The van der Waals surface area contributed by atoms with Crippen LogP contribution in [-0.4, -0.2) is 36.2 Å². The maximum Gasteiger partial charge on any atom is 0.0729 e. The number of hydrogen-bond donors (Lipinski definition) is 0. The fourth-order valence-corrected chi connectivity index (χ4v) is 2.50. The summed E-state index contributed by atoms with van der Waals surface area (Å²) in [7, 11) is 0. The Bertz CT molecular complexity index is 169. The molecule has 3 rings (SSSR count). The highest BCUT2D eigenvalue weighted by Crippen LogP contribution is 2.31. The van der Waals surface area contributed by atoms with Gasteiger partial charge in [0.2, 0.25) is 0 Å². The van der Waals surface area contributed by atoms with E-state index >= 15 is 0 Å². The van der Waals surface area contributed by atoms with Crippen molar-refractivity contribution in [2.45, 2.75) is 45.4 Å². The highest BCUT2D eigenvalue weighted by molar-refractivity contribution is 4.92. The van der Waals surface area contributed by atoms with Crippen LogP contribution >= 0.6 is 0 Å². The quantitative estimate of drug-likeness (QED) is 0.590. The van der Waals surface area contributed by atoms with Gasteiger partial charge in [-0.05, 0) is 26.2 Å². The number of hydrogen-bond acceptors (Lipinski definition) is 2. The van der Waals surface area contributed by atoms with Gasteiger partial charge < -0.3 is 4.74 Å². The molecule has 0 aromatic rings. The molecule has 0 aromatic carbocycles. The van der Waals surface area contributed by atoms with Gasteiger partial charge in [-0.1, -0.05) is 6.92 Å². The van der Waals surface area contributed by atoms with Gasteiger partial charge in [0, 0.05) is 18.6 Å². The van der Waals surface area contributed by atoms with Gasteiger partial charge in [0.25, 0.3) is 0 Å². The molecule has 2 heteroatoms. The van der Waals surface area contributed by atoms with Crippen molar-refractivity contribution in [2.75, 3.05) is 13.2 Å². The predicted octanol–water partition coefficient (Wildman–Crippen LogP) is 1.50. The second-order valence-electron chi connectivity index (χ2n) is 4.53. The summed E-state index contributed by atoms with van der Waals surface area (Å²) in [5, 5.41) is 0. The average Bonchev–Trinajstić information content (AvgIpc) is 2.04. The van der Waals surface area contributed by atoms with E-state index in [9.17, 15) is 0 Å². The van der Waals surface area contributed by atoms with Gasteiger partial charge >= 0.3 is 0 Å². The Hall–Kier alpha value is -0.0800. The third-order valence-corrected chi connectivity index (χ3v) is 3.30. The molecule has 3 saturated heterocycles. The van der Waals surface area contributed by atoms with Crippen LogP contribution in [0.3, 0.4) is 0 Å². The van der Waals surface area contributed by atoms with Crippen LogP contribution in [0.5, 0.6) is 0 Å².